The molecule has 2 N–H and O–H groups in total. The Hall–Kier alpha value is -4.91. The van der Waals surface area contributed by atoms with Crippen LogP contribution in [0.25, 0.3) is 0 Å². The van der Waals surface area contributed by atoms with E-state index in [1.54, 1.807) is 0 Å². The van der Waals surface area contributed by atoms with Crippen molar-refractivity contribution in [1.82, 2.24) is 10.6 Å². The average molecular weight is 617 g/mol. The molecule has 1 saturated carbocycles. The van der Waals surface area contributed by atoms with Gasteiger partial charge < -0.3 is 20.4 Å². The highest BCUT2D eigenvalue weighted by Gasteiger charge is 2.40. The highest BCUT2D eigenvalue weighted by molar-refractivity contribution is 6.11. The lowest BCUT2D eigenvalue weighted by Gasteiger charge is -2.27. The number of carbonyl (C=O) groups is 3. The minimum absolute atomic E-state index is 0.0740. The molecule has 2 amide bonds. The molecule has 7 nitrogen and oxygen atoms in total. The fraction of sp³-hybridized carbons (Fsp3) is 0.308. The van der Waals surface area contributed by atoms with Crippen LogP contribution in [0.2, 0.25) is 0 Å². The van der Waals surface area contributed by atoms with E-state index in [1.807, 2.05) is 36.4 Å². The number of ketones is 1. The highest BCUT2D eigenvalue weighted by atomic mass is 16.2. The molecule has 2 heterocycles. The Kier molecular flexibility index (Phi) is 9.33. The molecule has 2 aliphatic heterocycles. The van der Waals surface area contributed by atoms with Crippen LogP contribution in [0.4, 0.5) is 11.4 Å². The Morgan fingerprint density at radius 3 is 1.48 bits per heavy atom. The van der Waals surface area contributed by atoms with Gasteiger partial charge in [-0.15, -0.1) is 0 Å². The lowest BCUT2D eigenvalue weighted by molar-refractivity contribution is -0.117. The first-order valence-corrected chi connectivity index (χ1v) is 15.9. The van der Waals surface area contributed by atoms with Gasteiger partial charge in [0.25, 0.3) is 0 Å². The standard InChI is InChI=1S/C39H44N4O3/c1-7-35(44)40-23-25-42-31-15-11-9-13-29(31)38(3,4)33(42)21-19-27-17-18-28(37(27)46)20-22-34-39(5,6)30-14-10-12-16-32(30)43(34)26-24-41-36(45)8-2/h7-16,19-22H,1-2,17-18,23-26H2,3-6H3,(H,40,44)(H,41,45). The number of benzene rings is 2. The smallest absolute Gasteiger partial charge is 0.243 e. The lowest BCUT2D eigenvalue weighted by Crippen LogP contribution is -2.34. The van der Waals surface area contributed by atoms with Crippen molar-refractivity contribution in [3.8, 4) is 0 Å². The number of rotatable bonds is 10. The van der Waals surface area contributed by atoms with Crippen LogP contribution in [0.5, 0.6) is 0 Å². The van der Waals surface area contributed by atoms with Crippen molar-refractivity contribution in [2.24, 2.45) is 0 Å². The molecule has 238 valence electrons. The predicted molar refractivity (Wildman–Crippen MR) is 187 cm³/mol. The molecule has 1 fully saturated rings. The summed E-state index contributed by atoms with van der Waals surface area (Å²) in [6.45, 7) is 18.0. The molecule has 3 aliphatic rings. The fourth-order valence-corrected chi connectivity index (χ4v) is 6.87. The molecule has 0 aromatic heterocycles. The first-order chi connectivity index (χ1) is 22.0. The zero-order chi connectivity index (χ0) is 33.1. The van der Waals surface area contributed by atoms with Crippen molar-refractivity contribution in [3.63, 3.8) is 0 Å². The summed E-state index contributed by atoms with van der Waals surface area (Å²) in [7, 11) is 0. The summed E-state index contributed by atoms with van der Waals surface area (Å²) in [6.07, 6.45) is 12.1. The molecule has 0 radical (unpaired) electrons. The van der Waals surface area contributed by atoms with E-state index in [4.69, 9.17) is 0 Å². The van der Waals surface area contributed by atoms with Gasteiger partial charge in [-0.1, -0.05) is 89.4 Å². The lowest BCUT2D eigenvalue weighted by atomic mass is 9.83. The molecule has 0 atom stereocenters. The van der Waals surface area contributed by atoms with Gasteiger partial charge >= 0.3 is 0 Å². The maximum Gasteiger partial charge on any atom is 0.243 e. The first-order valence-electron chi connectivity index (χ1n) is 15.9. The van der Waals surface area contributed by atoms with Crippen LogP contribution in [-0.2, 0) is 25.2 Å². The van der Waals surface area contributed by atoms with Crippen molar-refractivity contribution in [1.29, 1.82) is 0 Å². The second kappa shape index (κ2) is 13.2. The van der Waals surface area contributed by atoms with Crippen LogP contribution < -0.4 is 20.4 Å². The van der Waals surface area contributed by atoms with Crippen LogP contribution in [0.1, 0.15) is 51.7 Å². The summed E-state index contributed by atoms with van der Waals surface area (Å²) in [6, 6.07) is 16.7. The van der Waals surface area contributed by atoms with Crippen molar-refractivity contribution in [2.75, 3.05) is 36.0 Å². The third-order valence-corrected chi connectivity index (χ3v) is 9.37. The summed E-state index contributed by atoms with van der Waals surface area (Å²) >= 11 is 0. The number of para-hydroxylation sites is 2. The zero-order valence-corrected chi connectivity index (χ0v) is 27.4. The van der Waals surface area contributed by atoms with Gasteiger partial charge in [0, 0.05) is 70.9 Å². The van der Waals surface area contributed by atoms with Gasteiger partial charge in [-0.25, -0.2) is 0 Å². The van der Waals surface area contributed by atoms with Crippen LogP contribution in [0.15, 0.2) is 121 Å². The molecule has 7 heteroatoms. The van der Waals surface area contributed by atoms with Crippen molar-refractivity contribution >= 4 is 29.0 Å². The monoisotopic (exact) mass is 616 g/mol. The minimum Gasteiger partial charge on any atom is -0.351 e. The molecule has 5 rings (SSSR count). The van der Waals surface area contributed by atoms with Gasteiger partial charge in [-0.05, 0) is 60.4 Å². The van der Waals surface area contributed by atoms with Gasteiger partial charge in [0.15, 0.2) is 5.78 Å². The van der Waals surface area contributed by atoms with Crippen molar-refractivity contribution in [2.45, 2.75) is 51.4 Å². The number of amides is 2. The Morgan fingerprint density at radius 1 is 0.696 bits per heavy atom. The van der Waals surface area contributed by atoms with Crippen molar-refractivity contribution < 1.29 is 14.4 Å². The number of hydrogen-bond donors (Lipinski definition) is 2. The molecular formula is C39H44N4O3. The average Bonchev–Trinajstić information content (AvgIpc) is 3.58. The Bertz CT molecular complexity index is 1580. The van der Waals surface area contributed by atoms with E-state index in [9.17, 15) is 14.4 Å². The zero-order valence-electron chi connectivity index (χ0n) is 27.4. The third kappa shape index (κ3) is 6.14. The first kappa shape index (κ1) is 32.5. The van der Waals surface area contributed by atoms with Gasteiger partial charge in [-0.3, -0.25) is 14.4 Å². The topological polar surface area (TPSA) is 81.8 Å². The van der Waals surface area contributed by atoms with E-state index in [0.29, 0.717) is 39.0 Å². The number of allylic oxidation sites excluding steroid dienone is 8. The number of carbonyl (C=O) groups excluding carboxylic acids is 3. The number of anilines is 2. The highest BCUT2D eigenvalue weighted by Crippen LogP contribution is 2.48. The van der Waals surface area contributed by atoms with Crippen LogP contribution in [-0.4, -0.2) is 43.8 Å². The Balaban J connectivity index is 1.40. The predicted octanol–water partition coefficient (Wildman–Crippen LogP) is 6.17. The summed E-state index contributed by atoms with van der Waals surface area (Å²) in [5.74, 6) is -0.319. The minimum atomic E-state index is -0.265. The van der Waals surface area contributed by atoms with E-state index in [1.165, 1.54) is 23.3 Å². The van der Waals surface area contributed by atoms with E-state index in [2.05, 4.69) is 97.7 Å². The summed E-state index contributed by atoms with van der Waals surface area (Å²) in [4.78, 5) is 41.7. The second-order valence-electron chi connectivity index (χ2n) is 12.9. The molecule has 0 spiro atoms. The summed E-state index contributed by atoms with van der Waals surface area (Å²) in [5, 5.41) is 5.77. The van der Waals surface area contributed by atoms with Crippen LogP contribution >= 0.6 is 0 Å². The molecule has 46 heavy (non-hydrogen) atoms. The number of hydrogen-bond acceptors (Lipinski definition) is 5. The van der Waals surface area contributed by atoms with Gasteiger partial charge in [-0.2, -0.15) is 0 Å². The molecular weight excluding hydrogens is 572 g/mol. The van der Waals surface area contributed by atoms with E-state index in [-0.39, 0.29) is 28.4 Å². The second-order valence-corrected chi connectivity index (χ2v) is 12.9. The molecule has 1 aliphatic carbocycles. The van der Waals surface area contributed by atoms with E-state index < -0.39 is 0 Å². The van der Waals surface area contributed by atoms with Crippen LogP contribution in [0.3, 0.4) is 0 Å². The van der Waals surface area contributed by atoms with E-state index in [0.717, 1.165) is 33.9 Å². The normalized spacial score (nSPS) is 21.2. The molecule has 0 unspecified atom stereocenters. The van der Waals surface area contributed by atoms with Gasteiger partial charge in [0.05, 0.1) is 0 Å². The van der Waals surface area contributed by atoms with Gasteiger partial charge in [0.2, 0.25) is 11.8 Å². The maximum atomic E-state index is 13.7. The number of nitrogens with one attached hydrogen (secondary N) is 2. The quantitative estimate of drug-likeness (QED) is 0.312. The van der Waals surface area contributed by atoms with Gasteiger partial charge in [0.1, 0.15) is 0 Å². The number of Topliss-reactive ketones (excluding diaryl/α,β-unsaturated/α-hetero) is 1. The number of nitrogens with zero attached hydrogens (tertiary/aromatic N) is 2. The molecule has 0 bridgehead atoms. The SMILES string of the molecule is C=CC(=O)NCCN1C(=CC=C2CCC(=CC=C3N(CCNC(=O)C=C)c4ccccc4C3(C)C)C2=O)C(C)(C)c2ccccc21. The molecule has 2 aromatic rings. The molecule has 0 saturated heterocycles. The fourth-order valence-electron chi connectivity index (χ4n) is 6.87. The largest absolute Gasteiger partial charge is 0.351 e. The summed E-state index contributed by atoms with van der Waals surface area (Å²) < 4.78 is 0. The Labute approximate surface area is 272 Å². The van der Waals surface area contributed by atoms with E-state index >= 15 is 0 Å². The Morgan fingerprint density at radius 2 is 1.09 bits per heavy atom. The maximum absolute atomic E-state index is 13.7. The third-order valence-electron chi connectivity index (χ3n) is 9.37. The van der Waals surface area contributed by atoms with Crippen LogP contribution in [0, 0.1) is 0 Å². The number of fused-ring (bicyclic) bond motifs is 2. The molecule has 2 aromatic carbocycles. The summed E-state index contributed by atoms with van der Waals surface area (Å²) in [5.41, 5.74) is 7.90. The van der Waals surface area contributed by atoms with Crippen molar-refractivity contribution in [3.05, 3.63) is 132 Å².